The maximum Gasteiger partial charge on any atom is 0.434 e. The highest BCUT2D eigenvalue weighted by Crippen LogP contribution is 2.34. The molecule has 0 saturated carbocycles. The van der Waals surface area contributed by atoms with Gasteiger partial charge in [-0.1, -0.05) is 12.1 Å². The molecule has 0 amide bonds. The van der Waals surface area contributed by atoms with Gasteiger partial charge < -0.3 is 9.15 Å². The van der Waals surface area contributed by atoms with E-state index in [1.807, 2.05) is 0 Å². The van der Waals surface area contributed by atoms with E-state index in [9.17, 15) is 22.8 Å². The van der Waals surface area contributed by atoms with Gasteiger partial charge in [-0.05, 0) is 19.1 Å². The third-order valence-corrected chi connectivity index (χ3v) is 4.89. The first-order chi connectivity index (χ1) is 13.8. The Morgan fingerprint density at radius 1 is 1.31 bits per heavy atom. The third kappa shape index (κ3) is 3.37. The highest BCUT2D eigenvalue weighted by atomic mass is 32.1. The Balaban J connectivity index is 1.94. The Kier molecular flexibility index (Phi) is 4.61. The normalized spacial score (nSPS) is 12.0. The van der Waals surface area contributed by atoms with Gasteiger partial charge in [0.25, 0.3) is 5.56 Å². The molecule has 2 aliphatic heterocycles. The fraction of sp³-hybridized carbons (Fsp3) is 0.222. The van der Waals surface area contributed by atoms with Crippen LogP contribution in [0.1, 0.15) is 18.4 Å². The average Bonchev–Trinajstić information content (AvgIpc) is 3.27. The summed E-state index contributed by atoms with van der Waals surface area (Å²) in [5.41, 5.74) is -1.26. The van der Waals surface area contributed by atoms with Gasteiger partial charge in [-0.2, -0.15) is 23.0 Å². The molecule has 0 bridgehead atoms. The lowest BCUT2D eigenvalue weighted by molar-refractivity contribution is -0.142. The number of alkyl halides is 3. The second kappa shape index (κ2) is 6.99. The summed E-state index contributed by atoms with van der Waals surface area (Å²) in [6.07, 6.45) is -4.96. The Morgan fingerprint density at radius 3 is 2.76 bits per heavy atom. The molecule has 29 heavy (non-hydrogen) atoms. The van der Waals surface area contributed by atoms with Crippen LogP contribution in [0.5, 0.6) is 0 Å². The van der Waals surface area contributed by atoms with Crippen molar-refractivity contribution in [1.82, 2.24) is 14.8 Å². The zero-order valence-corrected chi connectivity index (χ0v) is 15.6. The second-order valence-corrected chi connectivity index (χ2v) is 6.79. The van der Waals surface area contributed by atoms with Crippen LogP contribution in [0.4, 0.5) is 13.2 Å². The van der Waals surface area contributed by atoms with Crippen molar-refractivity contribution in [2.45, 2.75) is 19.5 Å². The summed E-state index contributed by atoms with van der Waals surface area (Å²) in [6, 6.07) is 6.71. The molecule has 1 aromatic carbocycles. The molecule has 3 heterocycles. The molecular weight excluding hydrogens is 411 g/mol. The topological polar surface area (TPSA) is 87.2 Å². The van der Waals surface area contributed by atoms with Gasteiger partial charge >= 0.3 is 12.1 Å². The van der Waals surface area contributed by atoms with Gasteiger partial charge in [0.05, 0.1) is 6.61 Å². The van der Waals surface area contributed by atoms with E-state index in [4.69, 9.17) is 9.15 Å². The van der Waals surface area contributed by atoms with Gasteiger partial charge in [-0.15, -0.1) is 11.3 Å². The molecule has 2 aliphatic rings. The van der Waals surface area contributed by atoms with Crippen molar-refractivity contribution in [3.05, 3.63) is 51.5 Å². The zero-order chi connectivity index (χ0) is 20.8. The standard InChI is InChI=1S/C18H12F3N3O4S/c1-2-27-13(25)7-11-14-15(9-5-3-4-6-10(9)28-11)23-24(16(14)26)17-22-12(8-29-17)18(19,20)21/h3-6,8H,2,7H2,1H3. The number of hydrogen-bond donors (Lipinski definition) is 0. The first-order valence-electron chi connectivity index (χ1n) is 8.41. The number of nitrogens with zero attached hydrogens (tertiary/aromatic N) is 3. The van der Waals surface area contributed by atoms with Crippen molar-refractivity contribution in [3.8, 4) is 16.4 Å². The highest BCUT2D eigenvalue weighted by Gasteiger charge is 2.35. The molecule has 150 valence electrons. The van der Waals surface area contributed by atoms with E-state index in [2.05, 4.69) is 10.1 Å². The van der Waals surface area contributed by atoms with E-state index < -0.39 is 23.4 Å². The number of thiazole rings is 1. The van der Waals surface area contributed by atoms with E-state index in [-0.39, 0.29) is 35.2 Å². The van der Waals surface area contributed by atoms with Crippen LogP contribution in [0.25, 0.3) is 27.4 Å². The van der Waals surface area contributed by atoms with Crippen molar-refractivity contribution in [2.24, 2.45) is 0 Å². The van der Waals surface area contributed by atoms with Gasteiger partial charge in [0, 0.05) is 10.8 Å². The number of hydrogen-bond acceptors (Lipinski definition) is 7. The van der Waals surface area contributed by atoms with Gasteiger partial charge in [-0.25, -0.2) is 4.98 Å². The van der Waals surface area contributed by atoms with Crippen molar-refractivity contribution in [1.29, 1.82) is 0 Å². The van der Waals surface area contributed by atoms with Crippen molar-refractivity contribution < 1.29 is 27.1 Å². The molecule has 0 atom stereocenters. The molecule has 0 aliphatic carbocycles. The Labute approximate surface area is 164 Å². The summed E-state index contributed by atoms with van der Waals surface area (Å²) >= 11 is 0.639. The van der Waals surface area contributed by atoms with E-state index in [1.165, 1.54) is 0 Å². The van der Waals surface area contributed by atoms with E-state index in [0.717, 1.165) is 10.1 Å². The average molecular weight is 423 g/mol. The Bertz CT molecular complexity index is 1240. The Morgan fingerprint density at radius 2 is 2.07 bits per heavy atom. The fourth-order valence-electron chi connectivity index (χ4n) is 2.87. The molecule has 0 spiro atoms. The maximum atomic E-state index is 13.0. The maximum absolute atomic E-state index is 13.0. The van der Waals surface area contributed by atoms with Crippen LogP contribution in [-0.2, 0) is 22.1 Å². The summed E-state index contributed by atoms with van der Waals surface area (Å²) in [6.45, 7) is 1.79. The molecular formula is C18H12F3N3O4S. The molecule has 4 rings (SSSR count). The second-order valence-electron chi connectivity index (χ2n) is 5.96. The Hall–Kier alpha value is -3.21. The minimum absolute atomic E-state index is 0.000474. The molecule has 2 aromatic rings. The number of aromatic nitrogens is 3. The zero-order valence-electron chi connectivity index (χ0n) is 14.8. The van der Waals surface area contributed by atoms with Crippen LogP contribution in [0, 0.1) is 0 Å². The first-order valence-corrected chi connectivity index (χ1v) is 9.29. The number of para-hydroxylation sites is 1. The predicted molar refractivity (Wildman–Crippen MR) is 97.2 cm³/mol. The van der Waals surface area contributed by atoms with Gasteiger partial charge in [0.1, 0.15) is 29.0 Å². The SMILES string of the molecule is CCOC(=O)Cc1oc2ccccc2c2nn(-c3nc(C(F)(F)F)cs3)c(=O)c1-2. The number of carbonyl (C=O) groups excluding carboxylic acids is 1. The van der Waals surface area contributed by atoms with Crippen LogP contribution < -0.4 is 5.56 Å². The third-order valence-electron chi connectivity index (χ3n) is 4.07. The van der Waals surface area contributed by atoms with Crippen LogP contribution in [-0.4, -0.2) is 27.3 Å². The first kappa shape index (κ1) is 19.1. The molecule has 0 unspecified atom stereocenters. The van der Waals surface area contributed by atoms with Crippen LogP contribution in [0.15, 0.2) is 38.9 Å². The van der Waals surface area contributed by atoms with Crippen molar-refractivity contribution in [3.63, 3.8) is 0 Å². The van der Waals surface area contributed by atoms with Crippen LogP contribution >= 0.6 is 11.3 Å². The van der Waals surface area contributed by atoms with E-state index in [0.29, 0.717) is 22.3 Å². The number of carbonyl (C=O) groups is 1. The highest BCUT2D eigenvalue weighted by molar-refractivity contribution is 7.12. The monoisotopic (exact) mass is 423 g/mol. The number of fused-ring (bicyclic) bond motifs is 3. The number of halogens is 3. The molecule has 11 heteroatoms. The minimum Gasteiger partial charge on any atom is -0.466 e. The smallest absolute Gasteiger partial charge is 0.434 e. The molecule has 0 saturated heterocycles. The number of benzene rings is 1. The fourth-order valence-corrected chi connectivity index (χ4v) is 3.64. The lowest BCUT2D eigenvalue weighted by atomic mass is 10.1. The van der Waals surface area contributed by atoms with E-state index in [1.54, 1.807) is 31.2 Å². The molecule has 0 N–H and O–H groups in total. The summed E-state index contributed by atoms with van der Waals surface area (Å²) in [7, 11) is 0. The van der Waals surface area contributed by atoms with Gasteiger partial charge in [0.15, 0.2) is 5.69 Å². The summed E-state index contributed by atoms with van der Waals surface area (Å²) in [5, 5.41) is 5.25. The van der Waals surface area contributed by atoms with Crippen molar-refractivity contribution >= 4 is 28.3 Å². The molecule has 0 radical (unpaired) electrons. The lowest BCUT2D eigenvalue weighted by Crippen LogP contribution is -2.17. The number of esters is 1. The molecule has 0 fully saturated rings. The molecule has 1 aromatic heterocycles. The van der Waals surface area contributed by atoms with Gasteiger partial charge in [0.2, 0.25) is 5.13 Å². The van der Waals surface area contributed by atoms with Crippen LogP contribution in [0.2, 0.25) is 0 Å². The largest absolute Gasteiger partial charge is 0.466 e. The summed E-state index contributed by atoms with van der Waals surface area (Å²) < 4.78 is 50.1. The predicted octanol–water partition coefficient (Wildman–Crippen LogP) is 3.66. The lowest BCUT2D eigenvalue weighted by Gasteiger charge is -2.08. The van der Waals surface area contributed by atoms with Crippen LogP contribution in [0.3, 0.4) is 0 Å². The summed E-state index contributed by atoms with van der Waals surface area (Å²) in [4.78, 5) is 28.4. The minimum atomic E-state index is -4.64. The van der Waals surface area contributed by atoms with Gasteiger partial charge in [-0.3, -0.25) is 9.59 Å². The summed E-state index contributed by atoms with van der Waals surface area (Å²) in [5.74, 6) is -0.574. The number of ether oxygens (including phenoxy) is 1. The van der Waals surface area contributed by atoms with E-state index >= 15 is 0 Å². The van der Waals surface area contributed by atoms with Crippen molar-refractivity contribution in [2.75, 3.05) is 6.61 Å². The molecule has 7 nitrogen and oxygen atoms in total. The number of rotatable bonds is 4. The quantitative estimate of drug-likeness (QED) is 0.466.